The van der Waals surface area contributed by atoms with Crippen molar-refractivity contribution in [3.63, 3.8) is 0 Å². The molecular formula is C14H22N2O2S. The third kappa shape index (κ3) is 4.67. The van der Waals surface area contributed by atoms with Crippen molar-refractivity contribution in [2.45, 2.75) is 25.5 Å². The summed E-state index contributed by atoms with van der Waals surface area (Å²) >= 11 is 1.77. The van der Waals surface area contributed by atoms with Crippen molar-refractivity contribution in [1.82, 2.24) is 0 Å². The first kappa shape index (κ1) is 15.7. The van der Waals surface area contributed by atoms with Crippen molar-refractivity contribution in [1.29, 1.82) is 0 Å². The fourth-order valence-electron chi connectivity index (χ4n) is 1.47. The standard InChI is InChI=1S/C14H22N2O2S/c1-5-18-13(17)11-8-10(15)6-7-12(11)16-9-14(2,3)19-4/h6-8,16H,5,9,15H2,1-4H3. The quantitative estimate of drug-likeness (QED) is 0.620. The van der Waals surface area contributed by atoms with Crippen LogP contribution in [-0.4, -0.2) is 30.1 Å². The lowest BCUT2D eigenvalue weighted by Gasteiger charge is -2.23. The highest BCUT2D eigenvalue weighted by atomic mass is 32.2. The number of nitrogens with one attached hydrogen (secondary N) is 1. The van der Waals surface area contributed by atoms with E-state index in [2.05, 4.69) is 25.4 Å². The van der Waals surface area contributed by atoms with Gasteiger partial charge in [-0.1, -0.05) is 0 Å². The largest absolute Gasteiger partial charge is 0.462 e. The number of nitrogen functional groups attached to an aromatic ring is 1. The lowest BCUT2D eigenvalue weighted by atomic mass is 10.1. The third-order valence-electron chi connectivity index (χ3n) is 2.80. The van der Waals surface area contributed by atoms with E-state index in [0.29, 0.717) is 17.9 Å². The molecule has 0 radical (unpaired) electrons. The van der Waals surface area contributed by atoms with E-state index in [1.54, 1.807) is 30.8 Å². The second kappa shape index (κ2) is 6.70. The van der Waals surface area contributed by atoms with Gasteiger partial charge in [0.1, 0.15) is 0 Å². The van der Waals surface area contributed by atoms with Crippen LogP contribution in [0.3, 0.4) is 0 Å². The van der Waals surface area contributed by atoms with Gasteiger partial charge in [-0.3, -0.25) is 0 Å². The number of thioether (sulfide) groups is 1. The average Bonchev–Trinajstić information content (AvgIpc) is 2.37. The number of hydrogen-bond donors (Lipinski definition) is 2. The van der Waals surface area contributed by atoms with Crippen molar-refractivity contribution in [3.05, 3.63) is 23.8 Å². The molecule has 1 rings (SSSR count). The van der Waals surface area contributed by atoms with E-state index in [1.807, 2.05) is 6.07 Å². The molecule has 0 saturated heterocycles. The zero-order valence-corrected chi connectivity index (χ0v) is 12.8. The second-order valence-corrected chi connectivity index (χ2v) is 6.36. The molecule has 0 spiro atoms. The molecule has 0 aromatic heterocycles. The lowest BCUT2D eigenvalue weighted by molar-refractivity contribution is 0.0527. The summed E-state index contributed by atoms with van der Waals surface area (Å²) in [6.45, 7) is 7.18. The zero-order chi connectivity index (χ0) is 14.5. The van der Waals surface area contributed by atoms with E-state index in [-0.39, 0.29) is 10.7 Å². The average molecular weight is 282 g/mol. The van der Waals surface area contributed by atoms with Crippen LogP contribution in [0.5, 0.6) is 0 Å². The van der Waals surface area contributed by atoms with Crippen molar-refractivity contribution in [2.24, 2.45) is 0 Å². The summed E-state index contributed by atoms with van der Waals surface area (Å²) < 4.78 is 5.13. The number of benzene rings is 1. The first-order chi connectivity index (χ1) is 8.89. The molecule has 1 aromatic carbocycles. The molecular weight excluding hydrogens is 260 g/mol. The Bertz CT molecular complexity index is 447. The van der Waals surface area contributed by atoms with Gasteiger partial charge in [-0.15, -0.1) is 0 Å². The van der Waals surface area contributed by atoms with Crippen LogP contribution >= 0.6 is 11.8 Å². The molecule has 0 amide bonds. The molecule has 0 bridgehead atoms. The van der Waals surface area contributed by atoms with Crippen LogP contribution in [0.15, 0.2) is 18.2 Å². The number of anilines is 2. The third-order valence-corrected chi connectivity index (χ3v) is 4.05. The van der Waals surface area contributed by atoms with Gasteiger partial charge in [0.25, 0.3) is 0 Å². The highest BCUT2D eigenvalue weighted by Gasteiger charge is 2.18. The Morgan fingerprint density at radius 2 is 2.16 bits per heavy atom. The Balaban J connectivity index is 2.91. The number of rotatable bonds is 6. The maximum atomic E-state index is 11.9. The van der Waals surface area contributed by atoms with Crippen LogP contribution in [0, 0.1) is 0 Å². The fourth-order valence-corrected chi connectivity index (χ4v) is 1.69. The summed E-state index contributed by atoms with van der Waals surface area (Å²) in [4.78, 5) is 11.9. The van der Waals surface area contributed by atoms with Gasteiger partial charge in [0.2, 0.25) is 0 Å². The van der Waals surface area contributed by atoms with Gasteiger partial charge >= 0.3 is 5.97 Å². The number of hydrogen-bond acceptors (Lipinski definition) is 5. The van der Waals surface area contributed by atoms with Crippen LogP contribution in [-0.2, 0) is 4.74 Å². The van der Waals surface area contributed by atoms with Crippen molar-refractivity contribution in [2.75, 3.05) is 30.5 Å². The van der Waals surface area contributed by atoms with Gasteiger partial charge in [-0.05, 0) is 45.2 Å². The Morgan fingerprint density at radius 1 is 1.47 bits per heavy atom. The predicted octanol–water partition coefficient (Wildman–Crippen LogP) is 3.00. The van der Waals surface area contributed by atoms with Crippen LogP contribution in [0.4, 0.5) is 11.4 Å². The molecule has 0 unspecified atom stereocenters. The molecule has 0 atom stereocenters. The monoisotopic (exact) mass is 282 g/mol. The van der Waals surface area contributed by atoms with Crippen LogP contribution in [0.1, 0.15) is 31.1 Å². The summed E-state index contributed by atoms with van der Waals surface area (Å²) in [7, 11) is 0. The van der Waals surface area contributed by atoms with Gasteiger partial charge in [-0.25, -0.2) is 4.79 Å². The second-order valence-electron chi connectivity index (χ2n) is 4.84. The van der Waals surface area contributed by atoms with Crippen molar-refractivity contribution in [3.8, 4) is 0 Å². The molecule has 4 nitrogen and oxygen atoms in total. The number of esters is 1. The van der Waals surface area contributed by atoms with Gasteiger partial charge in [0.05, 0.1) is 12.2 Å². The minimum Gasteiger partial charge on any atom is -0.462 e. The molecule has 5 heteroatoms. The Hall–Kier alpha value is -1.36. The van der Waals surface area contributed by atoms with Crippen LogP contribution in [0.25, 0.3) is 0 Å². The van der Waals surface area contributed by atoms with E-state index in [1.165, 1.54) is 0 Å². The van der Waals surface area contributed by atoms with E-state index in [0.717, 1.165) is 12.2 Å². The van der Waals surface area contributed by atoms with Crippen LogP contribution in [0.2, 0.25) is 0 Å². The van der Waals surface area contributed by atoms with Crippen molar-refractivity contribution >= 4 is 29.1 Å². The maximum absolute atomic E-state index is 11.9. The molecule has 0 aliphatic carbocycles. The molecule has 0 aliphatic heterocycles. The minimum absolute atomic E-state index is 0.0906. The lowest BCUT2D eigenvalue weighted by Crippen LogP contribution is -2.26. The molecule has 0 heterocycles. The van der Waals surface area contributed by atoms with Gasteiger partial charge < -0.3 is 15.8 Å². The Labute approximate surface area is 119 Å². The fraction of sp³-hybridized carbons (Fsp3) is 0.500. The normalized spacial score (nSPS) is 11.2. The van der Waals surface area contributed by atoms with Crippen molar-refractivity contribution < 1.29 is 9.53 Å². The first-order valence-corrected chi connectivity index (χ1v) is 7.47. The molecule has 1 aromatic rings. The topological polar surface area (TPSA) is 64.3 Å². The van der Waals surface area contributed by atoms with Crippen LogP contribution < -0.4 is 11.1 Å². The van der Waals surface area contributed by atoms with E-state index in [9.17, 15) is 4.79 Å². The highest BCUT2D eigenvalue weighted by molar-refractivity contribution is 7.99. The molecule has 3 N–H and O–H groups in total. The molecule has 0 fully saturated rings. The predicted molar refractivity (Wildman–Crippen MR) is 82.9 cm³/mol. The summed E-state index contributed by atoms with van der Waals surface area (Å²) in [5, 5.41) is 3.29. The SMILES string of the molecule is CCOC(=O)c1cc(N)ccc1NCC(C)(C)SC. The molecule has 0 aliphatic rings. The first-order valence-electron chi connectivity index (χ1n) is 6.25. The minimum atomic E-state index is -0.348. The zero-order valence-electron chi connectivity index (χ0n) is 11.9. The number of carbonyl (C=O) groups excluding carboxylic acids is 1. The summed E-state index contributed by atoms with van der Waals surface area (Å²) in [5.74, 6) is -0.348. The van der Waals surface area contributed by atoms with E-state index >= 15 is 0 Å². The molecule has 0 saturated carbocycles. The van der Waals surface area contributed by atoms with Gasteiger partial charge in [-0.2, -0.15) is 11.8 Å². The number of carbonyl (C=O) groups is 1. The number of ether oxygens (including phenoxy) is 1. The summed E-state index contributed by atoms with van der Waals surface area (Å²) in [5.41, 5.74) is 7.53. The number of nitrogens with two attached hydrogens (primary N) is 1. The van der Waals surface area contributed by atoms with E-state index in [4.69, 9.17) is 10.5 Å². The van der Waals surface area contributed by atoms with E-state index < -0.39 is 0 Å². The Kier molecular flexibility index (Phi) is 5.54. The van der Waals surface area contributed by atoms with Gasteiger partial charge in [0, 0.05) is 22.7 Å². The van der Waals surface area contributed by atoms with Gasteiger partial charge in [0.15, 0.2) is 0 Å². The smallest absolute Gasteiger partial charge is 0.340 e. The molecule has 19 heavy (non-hydrogen) atoms. The maximum Gasteiger partial charge on any atom is 0.340 e. The summed E-state index contributed by atoms with van der Waals surface area (Å²) in [6.07, 6.45) is 2.07. The highest BCUT2D eigenvalue weighted by Crippen LogP contribution is 2.25. The Morgan fingerprint density at radius 3 is 2.74 bits per heavy atom. The molecule has 106 valence electrons. The summed E-state index contributed by atoms with van der Waals surface area (Å²) in [6, 6.07) is 5.24.